The molecule has 0 bridgehead atoms. The van der Waals surface area contributed by atoms with Crippen molar-refractivity contribution in [2.45, 2.75) is 19.4 Å². The molecule has 0 fully saturated rings. The van der Waals surface area contributed by atoms with Gasteiger partial charge in [0.15, 0.2) is 0 Å². The summed E-state index contributed by atoms with van der Waals surface area (Å²) in [7, 11) is 1.49. The summed E-state index contributed by atoms with van der Waals surface area (Å²) < 4.78 is 30.1. The van der Waals surface area contributed by atoms with Gasteiger partial charge in [0.2, 0.25) is 5.88 Å². The maximum atomic E-state index is 12.5. The summed E-state index contributed by atoms with van der Waals surface area (Å²) in [6, 6.07) is 2.20. The minimum absolute atomic E-state index is 0.449. The summed E-state index contributed by atoms with van der Waals surface area (Å²) in [5, 5.41) is 2.54. The van der Waals surface area contributed by atoms with Crippen LogP contribution in [0.25, 0.3) is 0 Å². The lowest BCUT2D eigenvalue weighted by Crippen LogP contribution is -2.23. The van der Waals surface area contributed by atoms with Crippen LogP contribution in [0.3, 0.4) is 0 Å². The van der Waals surface area contributed by atoms with Crippen LogP contribution >= 0.6 is 0 Å². The number of alkyl halides is 2. The smallest absolute Gasteiger partial charge is 0.257 e. The summed E-state index contributed by atoms with van der Waals surface area (Å²) >= 11 is 0. The molecular weight excluding hydrogens is 202 g/mol. The van der Waals surface area contributed by atoms with Gasteiger partial charge in [0, 0.05) is 12.3 Å². The van der Waals surface area contributed by atoms with Crippen molar-refractivity contribution in [2.75, 3.05) is 13.7 Å². The van der Waals surface area contributed by atoms with Gasteiger partial charge in [-0.3, -0.25) is 0 Å². The van der Waals surface area contributed by atoms with Crippen LogP contribution in [0.15, 0.2) is 18.3 Å². The van der Waals surface area contributed by atoms with E-state index >= 15 is 0 Å². The van der Waals surface area contributed by atoms with Crippen LogP contribution in [0.1, 0.15) is 18.5 Å². The molecule has 0 spiro atoms. The molecule has 0 unspecified atom stereocenters. The molecule has 0 amide bonds. The summed E-state index contributed by atoms with van der Waals surface area (Å²) in [6.07, 6.45) is -1.05. The van der Waals surface area contributed by atoms with E-state index in [1.54, 1.807) is 12.1 Å². The van der Waals surface area contributed by atoms with Gasteiger partial charge in [-0.1, -0.05) is 6.07 Å². The number of pyridine rings is 1. The van der Waals surface area contributed by atoms with Crippen molar-refractivity contribution in [1.29, 1.82) is 0 Å². The Morgan fingerprint density at radius 2 is 2.20 bits per heavy atom. The second-order valence-electron chi connectivity index (χ2n) is 2.96. The number of ether oxygens (including phenoxy) is 1. The number of hydrogen-bond donors (Lipinski definition) is 1. The van der Waals surface area contributed by atoms with Crippen molar-refractivity contribution in [1.82, 2.24) is 10.3 Å². The van der Waals surface area contributed by atoms with E-state index < -0.39 is 12.5 Å². The Morgan fingerprint density at radius 3 is 2.60 bits per heavy atom. The molecule has 0 aromatic carbocycles. The molecule has 3 nitrogen and oxygen atoms in total. The van der Waals surface area contributed by atoms with Crippen molar-refractivity contribution in [3.8, 4) is 5.88 Å². The topological polar surface area (TPSA) is 34.1 Å². The highest BCUT2D eigenvalue weighted by atomic mass is 19.3. The number of aromatic nitrogens is 1. The summed E-state index contributed by atoms with van der Waals surface area (Å²) in [5.41, 5.74) is 0.455. The Labute approximate surface area is 87.5 Å². The van der Waals surface area contributed by atoms with Gasteiger partial charge in [0.05, 0.1) is 12.6 Å². The van der Waals surface area contributed by atoms with E-state index in [0.717, 1.165) is 0 Å². The molecule has 1 rings (SSSR count). The number of halogens is 2. The van der Waals surface area contributed by atoms with Crippen LogP contribution in [-0.2, 0) is 0 Å². The lowest BCUT2D eigenvalue weighted by molar-refractivity contribution is 0.102. The van der Waals surface area contributed by atoms with E-state index in [-0.39, 0.29) is 0 Å². The molecule has 15 heavy (non-hydrogen) atoms. The first-order chi connectivity index (χ1) is 7.19. The quantitative estimate of drug-likeness (QED) is 0.817. The van der Waals surface area contributed by atoms with Crippen molar-refractivity contribution in [2.24, 2.45) is 0 Å². The van der Waals surface area contributed by atoms with Gasteiger partial charge in [0.1, 0.15) is 0 Å². The van der Waals surface area contributed by atoms with Gasteiger partial charge in [0.25, 0.3) is 6.43 Å². The Bertz CT molecular complexity index is 290. The highest BCUT2D eigenvalue weighted by Crippen LogP contribution is 2.20. The first kappa shape index (κ1) is 11.8. The molecule has 0 radical (unpaired) electrons. The van der Waals surface area contributed by atoms with Crippen molar-refractivity contribution >= 4 is 0 Å². The molecular formula is C10H14F2N2O. The van der Waals surface area contributed by atoms with Crippen LogP contribution < -0.4 is 10.1 Å². The average molecular weight is 216 g/mol. The minimum Gasteiger partial charge on any atom is -0.478 e. The minimum atomic E-state index is -2.45. The molecule has 1 N–H and O–H groups in total. The molecule has 0 aliphatic rings. The zero-order valence-corrected chi connectivity index (χ0v) is 8.71. The molecule has 84 valence electrons. The highest BCUT2D eigenvalue weighted by molar-refractivity contribution is 5.21. The zero-order chi connectivity index (χ0) is 11.3. The Morgan fingerprint density at radius 1 is 1.47 bits per heavy atom. The summed E-state index contributed by atoms with van der Waals surface area (Å²) in [6.45, 7) is 2.35. The molecule has 0 saturated carbocycles. The molecule has 5 heteroatoms. The maximum Gasteiger partial charge on any atom is 0.257 e. The van der Waals surface area contributed by atoms with Crippen LogP contribution in [0, 0.1) is 0 Å². The highest BCUT2D eigenvalue weighted by Gasteiger charge is 2.20. The Kier molecular flexibility index (Phi) is 4.42. The van der Waals surface area contributed by atoms with Crippen molar-refractivity contribution < 1.29 is 13.5 Å². The predicted octanol–water partition coefficient (Wildman–Crippen LogP) is 2.01. The molecule has 0 saturated heterocycles. The fourth-order valence-electron chi connectivity index (χ4n) is 1.25. The van der Waals surface area contributed by atoms with E-state index in [1.165, 1.54) is 13.2 Å². The third-order valence-electron chi connectivity index (χ3n) is 1.97. The monoisotopic (exact) mass is 216 g/mol. The van der Waals surface area contributed by atoms with Crippen LogP contribution in [0.4, 0.5) is 8.78 Å². The Balaban J connectivity index is 2.77. The molecule has 0 aliphatic carbocycles. The molecule has 1 aromatic heterocycles. The predicted molar refractivity (Wildman–Crippen MR) is 53.2 cm³/mol. The standard InChI is InChI=1S/C10H14F2N2O/c1-3-15-8-5-4-7(6-14-8)9(13-2)10(11)12/h4-6,9-10,13H,3H2,1-2H3/t9-/m1/s1. The third kappa shape index (κ3) is 3.13. The first-order valence-electron chi connectivity index (χ1n) is 4.73. The van der Waals surface area contributed by atoms with Gasteiger partial charge in [-0.15, -0.1) is 0 Å². The van der Waals surface area contributed by atoms with Gasteiger partial charge in [-0.05, 0) is 19.5 Å². The average Bonchev–Trinajstić information content (AvgIpc) is 2.21. The largest absolute Gasteiger partial charge is 0.478 e. The van der Waals surface area contributed by atoms with Gasteiger partial charge in [-0.25, -0.2) is 13.8 Å². The molecule has 1 aromatic rings. The number of nitrogens with one attached hydrogen (secondary N) is 1. The lowest BCUT2D eigenvalue weighted by atomic mass is 10.1. The second-order valence-corrected chi connectivity index (χ2v) is 2.96. The van der Waals surface area contributed by atoms with E-state index in [4.69, 9.17) is 4.74 Å². The van der Waals surface area contributed by atoms with Crippen LogP contribution in [0.2, 0.25) is 0 Å². The van der Waals surface area contributed by atoms with Gasteiger partial charge >= 0.3 is 0 Å². The summed E-state index contributed by atoms with van der Waals surface area (Å²) in [4.78, 5) is 3.92. The summed E-state index contributed by atoms with van der Waals surface area (Å²) in [5.74, 6) is 0.449. The van der Waals surface area contributed by atoms with E-state index in [9.17, 15) is 8.78 Å². The lowest BCUT2D eigenvalue weighted by Gasteiger charge is -2.15. The first-order valence-corrected chi connectivity index (χ1v) is 4.73. The van der Waals surface area contributed by atoms with Crippen molar-refractivity contribution in [3.05, 3.63) is 23.9 Å². The van der Waals surface area contributed by atoms with Gasteiger partial charge < -0.3 is 10.1 Å². The van der Waals surface area contributed by atoms with E-state index in [0.29, 0.717) is 18.1 Å². The number of hydrogen-bond acceptors (Lipinski definition) is 3. The molecule has 0 aliphatic heterocycles. The number of rotatable bonds is 5. The van der Waals surface area contributed by atoms with E-state index in [2.05, 4.69) is 10.3 Å². The molecule has 1 atom stereocenters. The zero-order valence-electron chi connectivity index (χ0n) is 8.71. The third-order valence-corrected chi connectivity index (χ3v) is 1.97. The number of nitrogens with zero attached hydrogens (tertiary/aromatic N) is 1. The fourth-order valence-corrected chi connectivity index (χ4v) is 1.25. The Hall–Kier alpha value is -1.23. The van der Waals surface area contributed by atoms with Gasteiger partial charge in [-0.2, -0.15) is 0 Å². The van der Waals surface area contributed by atoms with E-state index in [1.807, 2.05) is 6.92 Å². The second kappa shape index (κ2) is 5.60. The van der Waals surface area contributed by atoms with Crippen LogP contribution in [-0.4, -0.2) is 25.1 Å². The SMILES string of the molecule is CCOc1ccc([C@@H](NC)C(F)F)cn1. The van der Waals surface area contributed by atoms with Crippen molar-refractivity contribution in [3.63, 3.8) is 0 Å². The maximum absolute atomic E-state index is 12.5. The van der Waals surface area contributed by atoms with Crippen LogP contribution in [0.5, 0.6) is 5.88 Å². The molecule has 1 heterocycles. The fraction of sp³-hybridized carbons (Fsp3) is 0.500. The normalized spacial score (nSPS) is 12.9.